The predicted molar refractivity (Wildman–Crippen MR) is 75.5 cm³/mol. The number of aliphatic hydroxyl groups excluding tert-OH is 1. The topological polar surface area (TPSA) is 101 Å². The highest BCUT2D eigenvalue weighted by Gasteiger charge is 2.35. The zero-order valence-corrected chi connectivity index (χ0v) is 12.5. The normalized spacial score (nSPS) is 17.1. The molecule has 20 heavy (non-hydrogen) atoms. The van der Waals surface area contributed by atoms with Crippen LogP contribution in [-0.4, -0.2) is 46.8 Å². The average molecular weight is 302 g/mol. The van der Waals surface area contributed by atoms with Crippen molar-refractivity contribution in [3.63, 3.8) is 0 Å². The van der Waals surface area contributed by atoms with Gasteiger partial charge >= 0.3 is 0 Å². The van der Waals surface area contributed by atoms with Crippen LogP contribution < -0.4 is 5.73 Å². The molecule has 0 saturated heterocycles. The van der Waals surface area contributed by atoms with Gasteiger partial charge in [-0.15, -0.1) is 0 Å². The van der Waals surface area contributed by atoms with E-state index in [-0.39, 0.29) is 29.9 Å². The van der Waals surface area contributed by atoms with Crippen LogP contribution in [0.5, 0.6) is 0 Å². The van der Waals surface area contributed by atoms with E-state index in [1.165, 1.54) is 15.2 Å². The van der Waals surface area contributed by atoms with Gasteiger partial charge < -0.3 is 10.8 Å². The standard InChI is InChI=1S/C12H22N4O3S/c1-2-15-9-11(12(13)14-15)20(18,19)16(7-8-17)10-5-3-4-6-10/h9-10,17H,2-8H2,1H3,(H2,13,14). The number of nitrogen functional groups attached to an aromatic ring is 1. The molecule has 0 radical (unpaired) electrons. The molecular formula is C12H22N4O3S. The van der Waals surface area contributed by atoms with Crippen molar-refractivity contribution >= 4 is 15.8 Å². The van der Waals surface area contributed by atoms with Gasteiger partial charge in [0.2, 0.25) is 10.0 Å². The van der Waals surface area contributed by atoms with Gasteiger partial charge in [-0.05, 0) is 19.8 Å². The van der Waals surface area contributed by atoms with Crippen molar-refractivity contribution in [1.29, 1.82) is 0 Å². The Labute approximate surface area is 119 Å². The summed E-state index contributed by atoms with van der Waals surface area (Å²) in [5.41, 5.74) is 5.74. The van der Waals surface area contributed by atoms with E-state index in [4.69, 9.17) is 10.8 Å². The molecule has 1 saturated carbocycles. The van der Waals surface area contributed by atoms with Gasteiger partial charge in [0.05, 0.1) is 6.61 Å². The molecule has 8 heteroatoms. The summed E-state index contributed by atoms with van der Waals surface area (Å²) in [5, 5.41) is 13.2. The lowest BCUT2D eigenvalue weighted by Crippen LogP contribution is -2.40. The molecule has 0 amide bonds. The number of hydrogen-bond acceptors (Lipinski definition) is 5. The van der Waals surface area contributed by atoms with Gasteiger partial charge in [-0.2, -0.15) is 9.40 Å². The number of nitrogens with zero attached hydrogens (tertiary/aromatic N) is 3. The van der Waals surface area contributed by atoms with Crippen LogP contribution in [0, 0.1) is 0 Å². The van der Waals surface area contributed by atoms with Crippen LogP contribution in [0.15, 0.2) is 11.1 Å². The Morgan fingerprint density at radius 3 is 2.65 bits per heavy atom. The van der Waals surface area contributed by atoms with E-state index in [0.29, 0.717) is 6.54 Å². The monoisotopic (exact) mass is 302 g/mol. The van der Waals surface area contributed by atoms with E-state index in [1.807, 2.05) is 6.92 Å². The van der Waals surface area contributed by atoms with Crippen LogP contribution in [0.3, 0.4) is 0 Å². The summed E-state index contributed by atoms with van der Waals surface area (Å²) in [7, 11) is -3.70. The quantitative estimate of drug-likeness (QED) is 0.792. The molecule has 114 valence electrons. The lowest BCUT2D eigenvalue weighted by Gasteiger charge is -2.26. The van der Waals surface area contributed by atoms with E-state index < -0.39 is 10.0 Å². The first kappa shape index (κ1) is 15.3. The highest BCUT2D eigenvalue weighted by atomic mass is 32.2. The van der Waals surface area contributed by atoms with Crippen LogP contribution in [0.25, 0.3) is 0 Å². The fraction of sp³-hybridized carbons (Fsp3) is 0.750. The second kappa shape index (κ2) is 6.11. The molecular weight excluding hydrogens is 280 g/mol. The Morgan fingerprint density at radius 1 is 1.50 bits per heavy atom. The van der Waals surface area contributed by atoms with E-state index in [0.717, 1.165) is 25.7 Å². The summed E-state index contributed by atoms with van der Waals surface area (Å²) >= 11 is 0. The Morgan fingerprint density at radius 2 is 2.15 bits per heavy atom. The summed E-state index contributed by atoms with van der Waals surface area (Å²) < 4.78 is 28.4. The molecule has 0 spiro atoms. The van der Waals surface area contributed by atoms with Crippen molar-refractivity contribution in [3.05, 3.63) is 6.20 Å². The molecule has 0 unspecified atom stereocenters. The number of sulfonamides is 1. The molecule has 0 aromatic carbocycles. The Balaban J connectivity index is 2.36. The van der Waals surface area contributed by atoms with Crippen molar-refractivity contribution < 1.29 is 13.5 Å². The summed E-state index contributed by atoms with van der Waals surface area (Å²) in [4.78, 5) is 0.0414. The smallest absolute Gasteiger partial charge is 0.248 e. The van der Waals surface area contributed by atoms with Gasteiger partial charge in [0, 0.05) is 25.3 Å². The Bertz CT molecular complexity index is 549. The predicted octanol–water partition coefficient (Wildman–Crippen LogP) is 0.411. The summed E-state index contributed by atoms with van der Waals surface area (Å²) in [5.74, 6) is 0.0211. The molecule has 1 fully saturated rings. The lowest BCUT2D eigenvalue weighted by molar-refractivity contribution is 0.226. The second-order valence-electron chi connectivity index (χ2n) is 5.01. The number of hydrogen-bond donors (Lipinski definition) is 2. The third-order valence-electron chi connectivity index (χ3n) is 3.72. The molecule has 0 atom stereocenters. The fourth-order valence-corrected chi connectivity index (χ4v) is 4.43. The number of rotatable bonds is 6. The van der Waals surface area contributed by atoms with Crippen LogP contribution in [0.2, 0.25) is 0 Å². The van der Waals surface area contributed by atoms with E-state index >= 15 is 0 Å². The minimum Gasteiger partial charge on any atom is -0.395 e. The van der Waals surface area contributed by atoms with Gasteiger partial charge in [0.15, 0.2) is 5.82 Å². The molecule has 1 aliphatic rings. The maximum Gasteiger partial charge on any atom is 0.248 e. The van der Waals surface area contributed by atoms with Gasteiger partial charge in [-0.25, -0.2) is 8.42 Å². The third kappa shape index (κ3) is 2.82. The van der Waals surface area contributed by atoms with Crippen LogP contribution in [-0.2, 0) is 16.6 Å². The molecule has 7 nitrogen and oxygen atoms in total. The van der Waals surface area contributed by atoms with Crippen molar-refractivity contribution in [1.82, 2.24) is 14.1 Å². The molecule has 1 aliphatic carbocycles. The molecule has 0 bridgehead atoms. The molecule has 1 aromatic rings. The SMILES string of the molecule is CCn1cc(S(=O)(=O)N(CCO)C2CCCC2)c(N)n1. The number of nitrogens with two attached hydrogens (primary N) is 1. The maximum atomic E-state index is 12.7. The number of aryl methyl sites for hydroxylation is 1. The number of aromatic nitrogens is 2. The first-order valence-corrected chi connectivity index (χ1v) is 8.40. The largest absolute Gasteiger partial charge is 0.395 e. The summed E-state index contributed by atoms with van der Waals surface area (Å²) in [6, 6.07) is -0.0449. The first-order valence-electron chi connectivity index (χ1n) is 6.96. The molecule has 1 aromatic heterocycles. The van der Waals surface area contributed by atoms with Crippen LogP contribution in [0.1, 0.15) is 32.6 Å². The van der Waals surface area contributed by atoms with E-state index in [2.05, 4.69) is 5.10 Å². The number of aliphatic hydroxyl groups is 1. The summed E-state index contributed by atoms with van der Waals surface area (Å²) in [6.45, 7) is 2.33. The highest BCUT2D eigenvalue weighted by Crippen LogP contribution is 2.30. The Hall–Kier alpha value is -1.12. The fourth-order valence-electron chi connectivity index (χ4n) is 2.69. The summed E-state index contributed by atoms with van der Waals surface area (Å²) in [6.07, 6.45) is 5.17. The van der Waals surface area contributed by atoms with Crippen molar-refractivity contribution in [2.75, 3.05) is 18.9 Å². The second-order valence-corrected chi connectivity index (χ2v) is 6.87. The first-order chi connectivity index (χ1) is 9.50. The minimum atomic E-state index is -3.70. The van der Waals surface area contributed by atoms with E-state index in [1.54, 1.807) is 0 Å². The minimum absolute atomic E-state index is 0.0211. The highest BCUT2D eigenvalue weighted by molar-refractivity contribution is 7.89. The van der Waals surface area contributed by atoms with E-state index in [9.17, 15) is 8.42 Å². The zero-order valence-electron chi connectivity index (χ0n) is 11.7. The van der Waals surface area contributed by atoms with Crippen molar-refractivity contribution in [2.24, 2.45) is 0 Å². The van der Waals surface area contributed by atoms with Gasteiger partial charge in [0.1, 0.15) is 4.90 Å². The number of anilines is 1. The third-order valence-corrected chi connectivity index (χ3v) is 5.69. The average Bonchev–Trinajstić information content (AvgIpc) is 3.04. The van der Waals surface area contributed by atoms with Gasteiger partial charge in [-0.1, -0.05) is 12.8 Å². The van der Waals surface area contributed by atoms with Crippen LogP contribution in [0.4, 0.5) is 5.82 Å². The van der Waals surface area contributed by atoms with Crippen molar-refractivity contribution in [3.8, 4) is 0 Å². The zero-order chi connectivity index (χ0) is 14.8. The van der Waals surface area contributed by atoms with Crippen LogP contribution >= 0.6 is 0 Å². The molecule has 1 heterocycles. The molecule has 2 rings (SSSR count). The Kier molecular flexibility index (Phi) is 4.66. The molecule has 3 N–H and O–H groups in total. The lowest BCUT2D eigenvalue weighted by atomic mass is 10.2. The van der Waals surface area contributed by atoms with Crippen molar-refractivity contribution in [2.45, 2.75) is 50.1 Å². The maximum absolute atomic E-state index is 12.7. The molecule has 0 aliphatic heterocycles. The van der Waals surface area contributed by atoms with Gasteiger partial charge in [-0.3, -0.25) is 4.68 Å². The van der Waals surface area contributed by atoms with Gasteiger partial charge in [0.25, 0.3) is 0 Å².